The second kappa shape index (κ2) is 5.34. The predicted octanol–water partition coefficient (Wildman–Crippen LogP) is -0.232. The third-order valence-corrected chi connectivity index (χ3v) is 0.874. The Morgan fingerprint density at radius 2 is 1.79 bits per heavy atom. The van der Waals surface area contributed by atoms with E-state index in [4.69, 9.17) is 0 Å². The highest BCUT2D eigenvalue weighted by atomic mass is 16.4. The molecule has 0 spiro atoms. The Morgan fingerprint density at radius 1 is 1.29 bits per heavy atom. The minimum absolute atomic E-state index is 0.0301. The minimum Gasteiger partial charge on any atom is -0.543 e. The molecule has 0 N–H and O–H groups in total. The first-order valence-corrected chi connectivity index (χ1v) is 4.22. The van der Waals surface area contributed by atoms with Crippen molar-refractivity contribution in [2.75, 3.05) is 28.2 Å². The Balaban J connectivity index is 0.000000292. The molecule has 0 aromatic carbocycles. The van der Waals surface area contributed by atoms with E-state index < -0.39 is 5.97 Å². The van der Waals surface area contributed by atoms with Gasteiger partial charge in [0.1, 0.15) is 0 Å². The molecule has 0 radical (unpaired) electrons. The number of hydrogen-bond donors (Lipinski definition) is 0. The Kier molecular flexibility index (Phi) is 4.80. The maximum Gasteiger partial charge on any atom is 0.0899 e. The van der Waals surface area contributed by atoms with Crippen molar-refractivity contribution >= 4 is 5.97 Å². The summed E-state index contributed by atoms with van der Waals surface area (Å²) in [6.45, 7) is 0. The first-order chi connectivity index (χ1) is 6.30. The maximum atomic E-state index is 10.0. The highest BCUT2D eigenvalue weighted by Gasteiger charge is 1.88. The summed E-state index contributed by atoms with van der Waals surface area (Å²) in [6.07, 6.45) is 1.41. The zero-order valence-electron chi connectivity index (χ0n) is 9.02. The third-order valence-electron chi connectivity index (χ3n) is 0.874. The number of carboxylic acids is 1. The molecular weight excluding hydrogens is 180 g/mol. The van der Waals surface area contributed by atoms with Gasteiger partial charge in [-0.3, -0.25) is 4.98 Å². The van der Waals surface area contributed by atoms with Crippen LogP contribution in [0.4, 0.5) is 0 Å². The number of nitrogens with zero attached hydrogens (tertiary/aromatic N) is 2. The van der Waals surface area contributed by atoms with E-state index >= 15 is 0 Å². The van der Waals surface area contributed by atoms with Gasteiger partial charge >= 0.3 is 0 Å². The molecular formula is C10H16N2O2. The molecule has 0 amide bonds. The van der Waals surface area contributed by atoms with E-state index in [0.717, 1.165) is 4.48 Å². The molecule has 78 valence electrons. The molecule has 1 aromatic heterocycles. The number of rotatable bonds is 1. The molecule has 0 saturated heterocycles. The van der Waals surface area contributed by atoms with E-state index in [1.807, 2.05) is 0 Å². The molecule has 0 unspecified atom stereocenters. The highest BCUT2D eigenvalue weighted by Crippen LogP contribution is 1.88. The summed E-state index contributed by atoms with van der Waals surface area (Å²) in [5.41, 5.74) is -0.0301. The van der Waals surface area contributed by atoms with Gasteiger partial charge < -0.3 is 14.4 Å². The van der Waals surface area contributed by atoms with Gasteiger partial charge in [-0.15, -0.1) is 0 Å². The van der Waals surface area contributed by atoms with Crippen LogP contribution >= 0.6 is 0 Å². The number of carboxylic acid groups (broad SMARTS) is 1. The number of quaternary nitrogens is 1. The lowest BCUT2D eigenvalue weighted by atomic mass is 10.4. The highest BCUT2D eigenvalue weighted by molar-refractivity contribution is 5.83. The van der Waals surface area contributed by atoms with Gasteiger partial charge in [0.15, 0.2) is 0 Å². The van der Waals surface area contributed by atoms with Crippen LogP contribution in [-0.2, 0) is 0 Å². The molecule has 4 heteroatoms. The summed E-state index contributed by atoms with van der Waals surface area (Å²) in [6, 6.07) is 4.62. The Morgan fingerprint density at radius 3 is 2.00 bits per heavy atom. The minimum atomic E-state index is -1.24. The number of aromatic nitrogens is 1. The van der Waals surface area contributed by atoms with Crippen LogP contribution in [0.1, 0.15) is 10.5 Å². The fraction of sp³-hybridized carbons (Fsp3) is 0.400. The molecule has 0 aliphatic heterocycles. The topological polar surface area (TPSA) is 53.0 Å². The molecule has 14 heavy (non-hydrogen) atoms. The van der Waals surface area contributed by atoms with Crippen molar-refractivity contribution in [2.24, 2.45) is 0 Å². The summed E-state index contributed by atoms with van der Waals surface area (Å²) in [4.78, 5) is 13.5. The van der Waals surface area contributed by atoms with Crippen LogP contribution in [0.2, 0.25) is 0 Å². The van der Waals surface area contributed by atoms with Gasteiger partial charge in [-0.2, -0.15) is 0 Å². The molecule has 0 bridgehead atoms. The van der Waals surface area contributed by atoms with Crippen molar-refractivity contribution in [3.8, 4) is 0 Å². The molecule has 0 saturated carbocycles. The molecule has 1 heterocycles. The van der Waals surface area contributed by atoms with Crippen LogP contribution in [0.25, 0.3) is 0 Å². The quantitative estimate of drug-likeness (QED) is 0.583. The Labute approximate surface area is 84.4 Å². The molecule has 0 aliphatic rings. The molecule has 4 nitrogen and oxygen atoms in total. The summed E-state index contributed by atoms with van der Waals surface area (Å²) in [5.74, 6) is -1.24. The van der Waals surface area contributed by atoms with E-state index in [-0.39, 0.29) is 5.69 Å². The van der Waals surface area contributed by atoms with Crippen LogP contribution in [0, 0.1) is 0 Å². The first-order valence-electron chi connectivity index (χ1n) is 4.22. The lowest BCUT2D eigenvalue weighted by Gasteiger charge is -2.14. The smallest absolute Gasteiger partial charge is 0.0899 e. The van der Waals surface area contributed by atoms with Gasteiger partial charge in [0.25, 0.3) is 0 Å². The van der Waals surface area contributed by atoms with Crippen LogP contribution < -0.4 is 5.11 Å². The average Bonchev–Trinajstić information content (AvgIpc) is 2.03. The second-order valence-electron chi connectivity index (χ2n) is 4.19. The molecule has 0 atom stereocenters. The van der Waals surface area contributed by atoms with Gasteiger partial charge in [-0.1, -0.05) is 6.07 Å². The summed E-state index contributed by atoms with van der Waals surface area (Å²) in [5, 5.41) is 10.0. The number of hydrogen-bond acceptors (Lipinski definition) is 3. The van der Waals surface area contributed by atoms with E-state index in [1.54, 1.807) is 12.1 Å². The van der Waals surface area contributed by atoms with Gasteiger partial charge in [0.2, 0.25) is 0 Å². The van der Waals surface area contributed by atoms with Crippen LogP contribution in [-0.4, -0.2) is 43.6 Å². The zero-order valence-corrected chi connectivity index (χ0v) is 9.02. The lowest BCUT2D eigenvalue weighted by Crippen LogP contribution is -2.27. The Bertz CT molecular complexity index is 272. The number of aromatic carboxylic acids is 1. The molecule has 1 aromatic rings. The van der Waals surface area contributed by atoms with Gasteiger partial charge in [0.05, 0.1) is 39.9 Å². The number of carbonyl (C=O) groups excluding carboxylic acids is 1. The van der Waals surface area contributed by atoms with Crippen molar-refractivity contribution in [1.82, 2.24) is 4.98 Å². The van der Waals surface area contributed by atoms with E-state index in [2.05, 4.69) is 33.2 Å². The molecule has 0 aliphatic carbocycles. The van der Waals surface area contributed by atoms with Crippen LogP contribution in [0.3, 0.4) is 0 Å². The van der Waals surface area contributed by atoms with Crippen molar-refractivity contribution in [3.05, 3.63) is 30.1 Å². The number of pyridine rings is 1. The predicted molar refractivity (Wildman–Crippen MR) is 52.5 cm³/mol. The summed E-state index contributed by atoms with van der Waals surface area (Å²) in [7, 11) is 8.50. The number of carbonyl (C=O) groups is 1. The van der Waals surface area contributed by atoms with E-state index in [9.17, 15) is 9.90 Å². The summed E-state index contributed by atoms with van der Waals surface area (Å²) < 4.78 is 1.00. The largest absolute Gasteiger partial charge is 0.543 e. The maximum absolute atomic E-state index is 10.0. The monoisotopic (exact) mass is 196 g/mol. The lowest BCUT2D eigenvalue weighted by molar-refractivity contribution is -0.849. The standard InChI is InChI=1S/C6H5NO2.C4H12N/c8-6(9)5-3-1-2-4-7-5;1-5(2,3)4/h1-4H,(H,8,9);1-4H3/q;+1/p-1. The van der Waals surface area contributed by atoms with Gasteiger partial charge in [0, 0.05) is 6.20 Å². The normalized spacial score (nSPS) is 10.0. The second-order valence-corrected chi connectivity index (χ2v) is 4.19. The van der Waals surface area contributed by atoms with Gasteiger partial charge in [-0.25, -0.2) is 0 Å². The van der Waals surface area contributed by atoms with Crippen molar-refractivity contribution in [3.63, 3.8) is 0 Å². The van der Waals surface area contributed by atoms with Crippen molar-refractivity contribution in [1.29, 1.82) is 0 Å². The van der Waals surface area contributed by atoms with Crippen molar-refractivity contribution < 1.29 is 14.4 Å². The van der Waals surface area contributed by atoms with Crippen LogP contribution in [0.15, 0.2) is 24.4 Å². The van der Waals surface area contributed by atoms with E-state index in [1.165, 1.54) is 12.3 Å². The van der Waals surface area contributed by atoms with Gasteiger partial charge in [-0.05, 0) is 12.1 Å². The van der Waals surface area contributed by atoms with Crippen LogP contribution in [0.5, 0.6) is 0 Å². The first kappa shape index (κ1) is 12.6. The average molecular weight is 196 g/mol. The van der Waals surface area contributed by atoms with E-state index in [0.29, 0.717) is 0 Å². The summed E-state index contributed by atoms with van der Waals surface area (Å²) >= 11 is 0. The SMILES string of the molecule is C[N+](C)(C)C.O=C([O-])c1ccccn1. The fourth-order valence-electron chi connectivity index (χ4n) is 0.484. The third kappa shape index (κ3) is 8.67. The van der Waals surface area contributed by atoms with Crippen molar-refractivity contribution in [2.45, 2.75) is 0 Å². The zero-order chi connectivity index (χ0) is 11.2. The molecule has 0 fully saturated rings. The Hall–Kier alpha value is -1.42. The molecule has 1 rings (SSSR count). The fourth-order valence-corrected chi connectivity index (χ4v) is 0.484.